The largest absolute Gasteiger partial charge is 0.466 e. The number of aromatic nitrogens is 1. The molecule has 11 heteroatoms. The molecule has 0 saturated carbocycles. The molecule has 10 nitrogen and oxygen atoms in total. The fraction of sp³-hybridized carbons (Fsp3) is 0.138. The molecule has 0 fully saturated rings. The summed E-state index contributed by atoms with van der Waals surface area (Å²) in [4.78, 5) is 64.1. The van der Waals surface area contributed by atoms with Crippen molar-refractivity contribution in [1.29, 1.82) is 0 Å². The minimum atomic E-state index is -0.929. The Morgan fingerprint density at radius 2 is 1.30 bits per heavy atom. The fourth-order valence-electron chi connectivity index (χ4n) is 3.56. The first-order chi connectivity index (χ1) is 19.2. The Bertz CT molecular complexity index is 1490. The summed E-state index contributed by atoms with van der Waals surface area (Å²) in [6.07, 6.45) is 3.68. The topological polar surface area (TPSA) is 127 Å². The molecule has 0 atom stereocenters. The molecule has 0 aliphatic carbocycles. The van der Waals surface area contributed by atoms with Crippen LogP contribution in [0.25, 0.3) is 11.1 Å². The quantitative estimate of drug-likeness (QED) is 0.153. The third kappa shape index (κ3) is 6.75. The first-order valence-electron chi connectivity index (χ1n) is 11.6. The lowest BCUT2D eigenvalue weighted by Gasteiger charge is -2.12. The minimum absolute atomic E-state index is 0.117. The van der Waals surface area contributed by atoms with E-state index in [0.29, 0.717) is 10.5 Å². The van der Waals surface area contributed by atoms with Crippen LogP contribution in [0.2, 0.25) is 0 Å². The number of esters is 4. The van der Waals surface area contributed by atoms with Crippen molar-refractivity contribution in [2.24, 2.45) is 0 Å². The molecule has 0 radical (unpaired) electrons. The zero-order valence-corrected chi connectivity index (χ0v) is 22.9. The van der Waals surface area contributed by atoms with Crippen LogP contribution in [0.15, 0.2) is 77.8 Å². The van der Waals surface area contributed by atoms with E-state index in [9.17, 15) is 24.0 Å². The van der Waals surface area contributed by atoms with Gasteiger partial charge in [0.25, 0.3) is 0 Å². The van der Waals surface area contributed by atoms with E-state index in [1.165, 1.54) is 17.0 Å². The normalized spacial score (nSPS) is 11.4. The summed E-state index contributed by atoms with van der Waals surface area (Å²) in [6.45, 7) is 0. The molecule has 0 unspecified atom stereocenters. The zero-order valence-electron chi connectivity index (χ0n) is 22.0. The van der Waals surface area contributed by atoms with Gasteiger partial charge in [-0.2, -0.15) is 0 Å². The van der Waals surface area contributed by atoms with Gasteiger partial charge in [-0.05, 0) is 5.56 Å². The van der Waals surface area contributed by atoms with E-state index in [2.05, 4.69) is 4.74 Å². The highest BCUT2D eigenvalue weighted by Gasteiger charge is 2.31. The number of carbonyl (C=O) groups is 5. The van der Waals surface area contributed by atoms with E-state index in [0.717, 1.165) is 46.3 Å². The Balaban J connectivity index is 2.36. The summed E-state index contributed by atoms with van der Waals surface area (Å²) in [7, 11) is 4.59. The average Bonchev–Trinajstić information content (AvgIpc) is 3.38. The van der Waals surface area contributed by atoms with Crippen molar-refractivity contribution in [1.82, 2.24) is 4.57 Å². The fourth-order valence-corrected chi connectivity index (χ4v) is 4.54. The van der Waals surface area contributed by atoms with Crippen molar-refractivity contribution in [3.05, 3.63) is 106 Å². The van der Waals surface area contributed by atoms with Gasteiger partial charge in [0.15, 0.2) is 0 Å². The molecule has 0 bridgehead atoms. The third-order valence-corrected chi connectivity index (χ3v) is 6.52. The highest BCUT2D eigenvalue weighted by molar-refractivity contribution is 8.12. The molecule has 0 aliphatic rings. The van der Waals surface area contributed by atoms with Crippen molar-refractivity contribution in [2.75, 3.05) is 28.4 Å². The Hall–Kier alpha value is -4.90. The van der Waals surface area contributed by atoms with Crippen molar-refractivity contribution >= 4 is 52.5 Å². The van der Waals surface area contributed by atoms with Crippen LogP contribution in [0.1, 0.15) is 42.3 Å². The van der Waals surface area contributed by atoms with Crippen LogP contribution < -0.4 is 0 Å². The number of thioether (sulfide) groups is 1. The molecule has 3 aromatic rings. The highest BCUT2D eigenvalue weighted by atomic mass is 32.2. The number of carbonyl (C=O) groups excluding carboxylic acids is 5. The smallest absolute Gasteiger partial charge is 0.344 e. The van der Waals surface area contributed by atoms with Crippen molar-refractivity contribution in [3.8, 4) is 0 Å². The summed E-state index contributed by atoms with van der Waals surface area (Å²) in [6, 6.07) is 16.9. The van der Waals surface area contributed by atoms with Gasteiger partial charge in [0.2, 0.25) is 5.78 Å². The number of ketones is 1. The van der Waals surface area contributed by atoms with Crippen LogP contribution in [-0.4, -0.2) is 62.7 Å². The molecule has 1 aromatic heterocycles. The van der Waals surface area contributed by atoms with E-state index in [1.54, 1.807) is 60.7 Å². The number of nitrogens with zero attached hydrogens (tertiary/aromatic N) is 1. The van der Waals surface area contributed by atoms with E-state index in [4.69, 9.17) is 14.2 Å². The van der Waals surface area contributed by atoms with Gasteiger partial charge in [-0.1, -0.05) is 72.4 Å². The zero-order chi connectivity index (χ0) is 29.2. The first kappa shape index (κ1) is 29.7. The van der Waals surface area contributed by atoms with E-state index in [-0.39, 0.29) is 27.3 Å². The maximum atomic E-state index is 13.7. The van der Waals surface area contributed by atoms with E-state index >= 15 is 0 Å². The molecule has 0 aliphatic heterocycles. The van der Waals surface area contributed by atoms with Gasteiger partial charge in [0, 0.05) is 28.9 Å². The minimum Gasteiger partial charge on any atom is -0.466 e. The molecule has 0 saturated heterocycles. The van der Waals surface area contributed by atoms with Crippen LogP contribution in [0.5, 0.6) is 0 Å². The van der Waals surface area contributed by atoms with Gasteiger partial charge >= 0.3 is 23.9 Å². The SMILES string of the molecule is COC(=O)/C=C(/S/C(=C\n1cc(C(=O)OC)c(C(=O)OC)c1C(=O)c1ccccc1)c1ccccc1)C(=O)OC. The Kier molecular flexibility index (Phi) is 10.2. The molecular formula is C29H25NO9S. The number of methoxy groups -OCH3 is 4. The van der Waals surface area contributed by atoms with Gasteiger partial charge in [-0.3, -0.25) is 4.79 Å². The summed E-state index contributed by atoms with van der Waals surface area (Å²) >= 11 is 0.856. The average molecular weight is 564 g/mol. The monoisotopic (exact) mass is 563 g/mol. The maximum absolute atomic E-state index is 13.7. The molecular weight excluding hydrogens is 538 g/mol. The second-order valence-electron chi connectivity index (χ2n) is 7.84. The van der Waals surface area contributed by atoms with Crippen LogP contribution >= 0.6 is 11.8 Å². The molecule has 0 amide bonds. The predicted molar refractivity (Wildman–Crippen MR) is 147 cm³/mol. The summed E-state index contributed by atoms with van der Waals surface area (Å²) < 4.78 is 20.6. The molecule has 3 rings (SSSR count). The van der Waals surface area contributed by atoms with Gasteiger partial charge < -0.3 is 23.5 Å². The van der Waals surface area contributed by atoms with Gasteiger partial charge in [-0.15, -0.1) is 0 Å². The molecule has 1 heterocycles. The standard InChI is InChI=1S/C29H25NO9S/c1-36-23(31)15-21(28(34)38-3)40-22(18-11-7-5-8-12-18)17-30-16-20(27(33)37-2)24(29(35)39-4)25(30)26(32)19-13-9-6-10-14-19/h5-17H,1-4H3/b21-15+,22-17-. The number of benzene rings is 2. The molecule has 0 spiro atoms. The number of rotatable bonds is 10. The second-order valence-corrected chi connectivity index (χ2v) is 8.92. The number of hydrogen-bond donors (Lipinski definition) is 0. The second kappa shape index (κ2) is 13.8. The molecule has 206 valence electrons. The summed E-state index contributed by atoms with van der Waals surface area (Å²) in [5.74, 6) is -3.98. The first-order valence-corrected chi connectivity index (χ1v) is 12.4. The molecule has 0 N–H and O–H groups in total. The molecule has 40 heavy (non-hydrogen) atoms. The Labute approximate surface area is 234 Å². The Morgan fingerprint density at radius 1 is 0.725 bits per heavy atom. The number of ether oxygens (including phenoxy) is 4. The lowest BCUT2D eigenvalue weighted by molar-refractivity contribution is -0.137. The van der Waals surface area contributed by atoms with Crippen LogP contribution in [0.3, 0.4) is 0 Å². The van der Waals surface area contributed by atoms with E-state index < -0.39 is 29.7 Å². The van der Waals surface area contributed by atoms with Crippen LogP contribution in [-0.2, 0) is 28.5 Å². The van der Waals surface area contributed by atoms with Crippen molar-refractivity contribution in [2.45, 2.75) is 0 Å². The summed E-state index contributed by atoms with van der Waals surface area (Å²) in [5, 5.41) is 0. The summed E-state index contributed by atoms with van der Waals surface area (Å²) in [5.41, 5.74) is 0.143. The number of hydrogen-bond acceptors (Lipinski definition) is 10. The highest BCUT2D eigenvalue weighted by Crippen LogP contribution is 2.36. The predicted octanol–water partition coefficient (Wildman–Crippen LogP) is 4.21. The Morgan fingerprint density at radius 3 is 1.82 bits per heavy atom. The third-order valence-electron chi connectivity index (χ3n) is 5.45. The lowest BCUT2D eigenvalue weighted by atomic mass is 10.0. The molecule has 2 aromatic carbocycles. The lowest BCUT2D eigenvalue weighted by Crippen LogP contribution is -2.16. The van der Waals surface area contributed by atoms with Crippen LogP contribution in [0.4, 0.5) is 0 Å². The van der Waals surface area contributed by atoms with E-state index in [1.807, 2.05) is 0 Å². The van der Waals surface area contributed by atoms with Crippen LogP contribution in [0, 0.1) is 0 Å². The maximum Gasteiger partial charge on any atom is 0.344 e. The van der Waals surface area contributed by atoms with Crippen molar-refractivity contribution in [3.63, 3.8) is 0 Å². The van der Waals surface area contributed by atoms with Gasteiger partial charge in [0.05, 0.1) is 34.0 Å². The van der Waals surface area contributed by atoms with Gasteiger partial charge in [-0.25, -0.2) is 19.2 Å². The van der Waals surface area contributed by atoms with Crippen molar-refractivity contribution < 1.29 is 42.9 Å². The van der Waals surface area contributed by atoms with Gasteiger partial charge in [0.1, 0.15) is 16.2 Å².